The van der Waals surface area contributed by atoms with Gasteiger partial charge in [-0.15, -0.1) is 0 Å². The Bertz CT molecular complexity index is 1080. The topological polar surface area (TPSA) is 102 Å². The number of β-amino-alcohol motifs (C(OH)–C–C–N with tert-alkyl or cyclic N) is 1. The average molecular weight is 597 g/mol. The number of hydrogen-bond acceptors (Lipinski definition) is 5. The number of aliphatic hydroxyl groups excluding tert-OH is 1. The average Bonchev–Trinajstić information content (AvgIpc) is 3.61. The molecule has 7 rings (SSSR count). The summed E-state index contributed by atoms with van der Waals surface area (Å²) in [6.45, 7) is 5.55. The van der Waals surface area contributed by atoms with Crippen molar-refractivity contribution in [1.29, 1.82) is 0 Å². The Morgan fingerprint density at radius 2 is 1.72 bits per heavy atom. The van der Waals surface area contributed by atoms with Crippen LogP contribution in [0.25, 0.3) is 0 Å². The number of aliphatic hydroxyl groups is 1. The fraction of sp³-hybridized carbons (Fsp3) is 0.857. The van der Waals surface area contributed by atoms with E-state index in [1.165, 1.54) is 37.7 Å². The molecular formula is C35H56N4O4. The highest BCUT2D eigenvalue weighted by Gasteiger charge is 2.54. The molecule has 7 aliphatic rings. The first-order chi connectivity index (χ1) is 20.6. The van der Waals surface area contributed by atoms with Gasteiger partial charge in [-0.05, 0) is 93.2 Å². The molecule has 6 unspecified atom stereocenters. The molecule has 5 saturated carbocycles. The van der Waals surface area contributed by atoms with Crippen LogP contribution in [0.5, 0.6) is 0 Å². The van der Waals surface area contributed by atoms with E-state index in [4.69, 9.17) is 0 Å². The third-order valence-corrected chi connectivity index (χ3v) is 12.9. The molecule has 8 heteroatoms. The summed E-state index contributed by atoms with van der Waals surface area (Å²) in [6.07, 6.45) is 17.4. The Balaban J connectivity index is 1.18. The molecule has 5 aliphatic carbocycles. The molecule has 0 aromatic rings. The molecule has 240 valence electrons. The molecule has 0 spiro atoms. The van der Waals surface area contributed by atoms with Crippen molar-refractivity contribution >= 4 is 17.7 Å². The van der Waals surface area contributed by atoms with Crippen molar-refractivity contribution < 1.29 is 19.5 Å². The summed E-state index contributed by atoms with van der Waals surface area (Å²) >= 11 is 0. The van der Waals surface area contributed by atoms with Gasteiger partial charge in [-0.1, -0.05) is 46.0 Å². The lowest BCUT2D eigenvalue weighted by atomic mass is 9.54. The van der Waals surface area contributed by atoms with Crippen molar-refractivity contribution in [2.45, 2.75) is 141 Å². The highest BCUT2D eigenvalue weighted by atomic mass is 16.3. The Hall–Kier alpha value is -2.09. The van der Waals surface area contributed by atoms with Crippen molar-refractivity contribution in [2.24, 2.45) is 28.6 Å². The van der Waals surface area contributed by atoms with E-state index in [0.29, 0.717) is 42.2 Å². The van der Waals surface area contributed by atoms with Crippen molar-refractivity contribution in [1.82, 2.24) is 20.4 Å². The highest BCUT2D eigenvalue weighted by molar-refractivity contribution is 5.94. The fourth-order valence-corrected chi connectivity index (χ4v) is 9.67. The molecule has 3 N–H and O–H groups in total. The van der Waals surface area contributed by atoms with Gasteiger partial charge in [0.2, 0.25) is 17.7 Å². The summed E-state index contributed by atoms with van der Waals surface area (Å²) in [7, 11) is 1.89. The quantitative estimate of drug-likeness (QED) is 0.383. The lowest BCUT2D eigenvalue weighted by molar-refractivity contribution is -0.155. The summed E-state index contributed by atoms with van der Waals surface area (Å²) in [4.78, 5) is 45.8. The van der Waals surface area contributed by atoms with Gasteiger partial charge in [-0.2, -0.15) is 0 Å². The van der Waals surface area contributed by atoms with Crippen LogP contribution in [0.3, 0.4) is 0 Å². The summed E-state index contributed by atoms with van der Waals surface area (Å²) in [5, 5.41) is 17.4. The summed E-state index contributed by atoms with van der Waals surface area (Å²) in [5.41, 5.74) is 1.18. The van der Waals surface area contributed by atoms with Crippen molar-refractivity contribution in [3.8, 4) is 0 Å². The summed E-state index contributed by atoms with van der Waals surface area (Å²) in [5.74, 6) is 1.21. The number of nitrogens with one attached hydrogen (secondary N) is 2. The molecule has 2 bridgehead atoms. The lowest BCUT2D eigenvalue weighted by Crippen LogP contribution is -2.57. The normalized spacial score (nSPS) is 39.4. The first-order valence-electron chi connectivity index (χ1n) is 17.6. The smallest absolute Gasteiger partial charge is 0.245 e. The lowest BCUT2D eigenvalue weighted by Gasteiger charge is -2.52. The minimum atomic E-state index is -0.732. The minimum absolute atomic E-state index is 0.0415. The van der Waals surface area contributed by atoms with Gasteiger partial charge in [-0.25, -0.2) is 0 Å². The molecule has 0 aromatic heterocycles. The second kappa shape index (κ2) is 12.4. The van der Waals surface area contributed by atoms with Gasteiger partial charge in [-0.3, -0.25) is 14.4 Å². The Labute approximate surface area is 258 Å². The first kappa shape index (κ1) is 30.9. The van der Waals surface area contributed by atoms with Crippen LogP contribution in [0.4, 0.5) is 0 Å². The number of fused-ring (bicyclic) bond motifs is 4. The number of nitrogens with zero attached hydrogens (tertiary/aromatic N) is 2. The van der Waals surface area contributed by atoms with Crippen LogP contribution in [0.2, 0.25) is 0 Å². The van der Waals surface area contributed by atoms with Crippen LogP contribution in [0, 0.1) is 28.6 Å². The number of likely N-dealkylation sites (N-methyl/N-ethyl adjacent to an activating group) is 1. The molecule has 7 atom stereocenters. The maximum absolute atomic E-state index is 14.1. The Morgan fingerprint density at radius 3 is 2.44 bits per heavy atom. The zero-order valence-corrected chi connectivity index (χ0v) is 26.9. The maximum atomic E-state index is 14.1. The van der Waals surface area contributed by atoms with Gasteiger partial charge >= 0.3 is 0 Å². The van der Waals surface area contributed by atoms with E-state index < -0.39 is 23.6 Å². The number of rotatable bonds is 8. The van der Waals surface area contributed by atoms with Gasteiger partial charge in [0, 0.05) is 43.9 Å². The largest absolute Gasteiger partial charge is 0.391 e. The van der Waals surface area contributed by atoms with Gasteiger partial charge in [0.15, 0.2) is 0 Å². The van der Waals surface area contributed by atoms with E-state index in [9.17, 15) is 19.5 Å². The molecule has 2 heterocycles. The predicted octanol–water partition coefficient (Wildman–Crippen LogP) is 4.51. The van der Waals surface area contributed by atoms with E-state index >= 15 is 0 Å². The van der Waals surface area contributed by atoms with Crippen LogP contribution in [0.1, 0.15) is 117 Å². The fourth-order valence-electron chi connectivity index (χ4n) is 9.67. The Kier molecular flexibility index (Phi) is 8.89. The van der Waals surface area contributed by atoms with Crippen molar-refractivity contribution in [3.63, 3.8) is 0 Å². The van der Waals surface area contributed by atoms with Crippen LogP contribution in [0.15, 0.2) is 11.8 Å². The molecular weight excluding hydrogens is 540 g/mol. The number of amides is 3. The Morgan fingerprint density at radius 1 is 1.05 bits per heavy atom. The summed E-state index contributed by atoms with van der Waals surface area (Å²) < 4.78 is 0. The minimum Gasteiger partial charge on any atom is -0.391 e. The van der Waals surface area contributed by atoms with E-state index in [-0.39, 0.29) is 30.7 Å². The molecule has 0 radical (unpaired) electrons. The molecule has 6 fully saturated rings. The van der Waals surface area contributed by atoms with E-state index in [2.05, 4.69) is 30.7 Å². The van der Waals surface area contributed by atoms with Crippen LogP contribution in [-0.4, -0.2) is 77.0 Å². The zero-order valence-electron chi connectivity index (χ0n) is 26.9. The van der Waals surface area contributed by atoms with E-state index in [1.54, 1.807) is 4.90 Å². The predicted molar refractivity (Wildman–Crippen MR) is 167 cm³/mol. The second-order valence-electron chi connectivity index (χ2n) is 15.8. The van der Waals surface area contributed by atoms with Gasteiger partial charge < -0.3 is 25.5 Å². The van der Waals surface area contributed by atoms with E-state index in [1.807, 2.05) is 11.9 Å². The molecule has 3 amide bonds. The SMILES string of the molecule is CC1CCCCC1CN(C)C(=O)C(CC1=CNC2CCCCC12)NC(=O)C1C[C@@H](O)CN1C(=O)C12CCC(C)(CC1)CC2. The molecule has 8 nitrogen and oxygen atoms in total. The van der Waals surface area contributed by atoms with Crippen molar-refractivity contribution in [3.05, 3.63) is 11.8 Å². The molecule has 1 saturated heterocycles. The third-order valence-electron chi connectivity index (χ3n) is 12.9. The first-order valence-corrected chi connectivity index (χ1v) is 17.6. The monoisotopic (exact) mass is 596 g/mol. The standard InChI is InChI=1S/C35H56N4O4/c1-23-8-4-5-9-24(23)21-38(3)32(42)29(18-25-20-36-28-11-7-6-10-27(25)28)37-31(41)30-19-26(40)22-39(30)33(43)35-15-12-34(2,13-16-35)14-17-35/h20,23-24,26-30,36,40H,4-19,21-22H2,1-3H3,(H,37,41)/t23?,24?,26-,27?,28?,29?,30?,34?,35?/m1/s1. The number of hydrogen-bond donors (Lipinski definition) is 3. The van der Waals surface area contributed by atoms with Gasteiger partial charge in [0.25, 0.3) is 0 Å². The van der Waals surface area contributed by atoms with Crippen LogP contribution in [-0.2, 0) is 14.4 Å². The van der Waals surface area contributed by atoms with Crippen LogP contribution >= 0.6 is 0 Å². The second-order valence-corrected chi connectivity index (χ2v) is 15.8. The van der Waals surface area contributed by atoms with Gasteiger partial charge in [0.1, 0.15) is 12.1 Å². The molecule has 0 aromatic carbocycles. The van der Waals surface area contributed by atoms with E-state index in [0.717, 1.165) is 57.8 Å². The number of carbonyl (C=O) groups is 3. The number of carbonyl (C=O) groups excluding carboxylic acids is 3. The number of likely N-dealkylation sites (tertiary alicyclic amines) is 1. The van der Waals surface area contributed by atoms with Gasteiger partial charge in [0.05, 0.1) is 6.10 Å². The molecule has 43 heavy (non-hydrogen) atoms. The highest BCUT2D eigenvalue weighted by Crippen LogP contribution is 2.57. The van der Waals surface area contributed by atoms with Crippen LogP contribution < -0.4 is 10.6 Å². The maximum Gasteiger partial charge on any atom is 0.245 e. The van der Waals surface area contributed by atoms with Crippen molar-refractivity contribution in [2.75, 3.05) is 20.1 Å². The summed E-state index contributed by atoms with van der Waals surface area (Å²) in [6, 6.07) is -0.978. The zero-order chi connectivity index (χ0) is 30.4. The third kappa shape index (κ3) is 6.24. The molecule has 2 aliphatic heterocycles.